The number of benzene rings is 1. The van der Waals surface area contributed by atoms with Crippen molar-refractivity contribution in [3.8, 4) is 5.75 Å². The first-order valence-electron chi connectivity index (χ1n) is 5.15. The van der Waals surface area contributed by atoms with Crippen molar-refractivity contribution in [1.29, 1.82) is 0 Å². The molecule has 1 aromatic heterocycles. The fraction of sp³-hybridized carbons (Fsp3) is 0.154. The second kappa shape index (κ2) is 4.93. The van der Waals surface area contributed by atoms with Crippen LogP contribution in [0.1, 0.15) is 17.4 Å². The van der Waals surface area contributed by atoms with Gasteiger partial charge in [-0.1, -0.05) is 18.2 Å². The molecule has 0 saturated carbocycles. The standard InChI is InChI=1S/C13H12FNO2/c1-17-12-5-3-2-4-10(12)13(16)11-7-6-9(14)8-15-11/h2-8,13,16H,1H3. The van der Waals surface area contributed by atoms with Gasteiger partial charge in [0.2, 0.25) is 0 Å². The Kier molecular flexibility index (Phi) is 3.35. The van der Waals surface area contributed by atoms with Crippen molar-refractivity contribution in [2.24, 2.45) is 0 Å². The van der Waals surface area contributed by atoms with Gasteiger partial charge in [0.15, 0.2) is 0 Å². The number of para-hydroxylation sites is 1. The smallest absolute Gasteiger partial charge is 0.141 e. The number of pyridine rings is 1. The van der Waals surface area contributed by atoms with Crippen molar-refractivity contribution >= 4 is 0 Å². The molecule has 0 aliphatic carbocycles. The van der Waals surface area contributed by atoms with Crippen LogP contribution in [0.5, 0.6) is 5.75 Å². The third-order valence-electron chi connectivity index (χ3n) is 2.46. The van der Waals surface area contributed by atoms with Gasteiger partial charge < -0.3 is 9.84 Å². The van der Waals surface area contributed by atoms with E-state index in [1.54, 1.807) is 18.2 Å². The van der Waals surface area contributed by atoms with Gasteiger partial charge >= 0.3 is 0 Å². The summed E-state index contributed by atoms with van der Waals surface area (Å²) < 4.78 is 17.9. The Labute approximate surface area is 98.5 Å². The van der Waals surface area contributed by atoms with Crippen molar-refractivity contribution in [2.45, 2.75) is 6.10 Å². The van der Waals surface area contributed by atoms with Crippen LogP contribution in [-0.2, 0) is 0 Å². The molecule has 1 atom stereocenters. The molecule has 0 saturated heterocycles. The highest BCUT2D eigenvalue weighted by molar-refractivity contribution is 5.38. The van der Waals surface area contributed by atoms with Gasteiger partial charge in [-0.05, 0) is 18.2 Å². The molecular formula is C13H12FNO2. The maximum absolute atomic E-state index is 12.7. The molecule has 4 heteroatoms. The molecule has 0 aliphatic rings. The van der Waals surface area contributed by atoms with E-state index in [0.29, 0.717) is 17.0 Å². The van der Waals surface area contributed by atoms with Gasteiger partial charge in [0.05, 0.1) is 19.0 Å². The molecule has 0 bridgehead atoms. The van der Waals surface area contributed by atoms with Gasteiger partial charge in [0.1, 0.15) is 17.7 Å². The Morgan fingerprint density at radius 2 is 2.00 bits per heavy atom. The van der Waals surface area contributed by atoms with Crippen LogP contribution in [0.25, 0.3) is 0 Å². The number of hydrogen-bond donors (Lipinski definition) is 1. The number of halogens is 1. The van der Waals surface area contributed by atoms with Crippen LogP contribution < -0.4 is 4.74 Å². The van der Waals surface area contributed by atoms with Crippen LogP contribution in [0, 0.1) is 5.82 Å². The number of nitrogens with zero attached hydrogens (tertiary/aromatic N) is 1. The quantitative estimate of drug-likeness (QED) is 0.884. The van der Waals surface area contributed by atoms with E-state index in [0.717, 1.165) is 6.20 Å². The number of hydrogen-bond acceptors (Lipinski definition) is 3. The van der Waals surface area contributed by atoms with E-state index in [2.05, 4.69) is 4.98 Å². The molecule has 1 heterocycles. The van der Waals surface area contributed by atoms with Crippen molar-refractivity contribution in [3.05, 3.63) is 59.7 Å². The summed E-state index contributed by atoms with van der Waals surface area (Å²) in [6.07, 6.45) is 0.153. The predicted octanol–water partition coefficient (Wildman–Crippen LogP) is 2.31. The van der Waals surface area contributed by atoms with Crippen LogP contribution >= 0.6 is 0 Å². The SMILES string of the molecule is COc1ccccc1C(O)c1ccc(F)cn1. The Morgan fingerprint density at radius 1 is 1.24 bits per heavy atom. The summed E-state index contributed by atoms with van der Waals surface area (Å²) in [7, 11) is 1.53. The molecule has 0 spiro atoms. The zero-order valence-electron chi connectivity index (χ0n) is 9.30. The third-order valence-corrected chi connectivity index (χ3v) is 2.46. The van der Waals surface area contributed by atoms with E-state index in [1.807, 2.05) is 6.07 Å². The first-order valence-corrected chi connectivity index (χ1v) is 5.15. The van der Waals surface area contributed by atoms with Crippen LogP contribution in [0.3, 0.4) is 0 Å². The van der Waals surface area contributed by atoms with E-state index >= 15 is 0 Å². The van der Waals surface area contributed by atoms with Gasteiger partial charge in [0.25, 0.3) is 0 Å². The second-order valence-corrected chi connectivity index (χ2v) is 3.55. The molecular weight excluding hydrogens is 221 g/mol. The normalized spacial score (nSPS) is 12.2. The highest BCUT2D eigenvalue weighted by Crippen LogP contribution is 2.28. The number of methoxy groups -OCH3 is 1. The highest BCUT2D eigenvalue weighted by Gasteiger charge is 2.15. The Morgan fingerprint density at radius 3 is 2.65 bits per heavy atom. The fourth-order valence-electron chi connectivity index (χ4n) is 1.60. The number of aliphatic hydroxyl groups excluding tert-OH is 1. The van der Waals surface area contributed by atoms with Gasteiger partial charge in [-0.25, -0.2) is 4.39 Å². The minimum atomic E-state index is -0.924. The monoisotopic (exact) mass is 233 g/mol. The highest BCUT2D eigenvalue weighted by atomic mass is 19.1. The maximum atomic E-state index is 12.7. The van der Waals surface area contributed by atoms with E-state index in [-0.39, 0.29) is 0 Å². The molecule has 0 amide bonds. The van der Waals surface area contributed by atoms with Crippen LogP contribution in [0.4, 0.5) is 4.39 Å². The van der Waals surface area contributed by atoms with Gasteiger partial charge in [-0.15, -0.1) is 0 Å². The van der Waals surface area contributed by atoms with E-state index in [1.165, 1.54) is 19.2 Å². The topological polar surface area (TPSA) is 42.4 Å². The van der Waals surface area contributed by atoms with Crippen LogP contribution in [0.15, 0.2) is 42.6 Å². The fourth-order valence-corrected chi connectivity index (χ4v) is 1.60. The molecule has 0 aliphatic heterocycles. The zero-order chi connectivity index (χ0) is 12.3. The van der Waals surface area contributed by atoms with Crippen LogP contribution in [0.2, 0.25) is 0 Å². The molecule has 2 rings (SSSR count). The zero-order valence-corrected chi connectivity index (χ0v) is 9.30. The average Bonchev–Trinajstić information content (AvgIpc) is 2.39. The van der Waals surface area contributed by atoms with Gasteiger partial charge in [-0.2, -0.15) is 0 Å². The molecule has 2 aromatic rings. The summed E-state index contributed by atoms with van der Waals surface area (Å²) in [4.78, 5) is 3.85. The van der Waals surface area contributed by atoms with E-state index in [9.17, 15) is 9.50 Å². The number of rotatable bonds is 3. The summed E-state index contributed by atoms with van der Waals surface area (Å²) in [6.45, 7) is 0. The van der Waals surface area contributed by atoms with Crippen molar-refractivity contribution < 1.29 is 14.2 Å². The largest absolute Gasteiger partial charge is 0.496 e. The van der Waals surface area contributed by atoms with E-state index in [4.69, 9.17) is 4.74 Å². The third kappa shape index (κ3) is 2.42. The summed E-state index contributed by atoms with van der Waals surface area (Å²) in [5, 5.41) is 10.1. The summed E-state index contributed by atoms with van der Waals surface area (Å²) in [6, 6.07) is 9.82. The van der Waals surface area contributed by atoms with Crippen LogP contribution in [-0.4, -0.2) is 17.2 Å². The van der Waals surface area contributed by atoms with E-state index < -0.39 is 11.9 Å². The molecule has 0 radical (unpaired) electrons. The lowest BCUT2D eigenvalue weighted by molar-refractivity contribution is 0.209. The van der Waals surface area contributed by atoms with Crippen molar-refractivity contribution in [3.63, 3.8) is 0 Å². The lowest BCUT2D eigenvalue weighted by atomic mass is 10.1. The molecule has 3 nitrogen and oxygen atoms in total. The van der Waals surface area contributed by atoms with Crippen molar-refractivity contribution in [2.75, 3.05) is 7.11 Å². The Bertz CT molecular complexity index is 499. The summed E-state index contributed by atoms with van der Waals surface area (Å²) in [5.41, 5.74) is 0.991. The molecule has 0 fully saturated rings. The Hall–Kier alpha value is -1.94. The molecule has 88 valence electrons. The Balaban J connectivity index is 2.36. The van der Waals surface area contributed by atoms with Gasteiger partial charge in [0, 0.05) is 5.56 Å². The number of aromatic nitrogens is 1. The summed E-state index contributed by atoms with van der Waals surface area (Å²) >= 11 is 0. The minimum absolute atomic E-state index is 0.385. The predicted molar refractivity (Wildman–Crippen MR) is 61.3 cm³/mol. The van der Waals surface area contributed by atoms with Crippen molar-refractivity contribution in [1.82, 2.24) is 4.98 Å². The molecule has 1 N–H and O–H groups in total. The first-order chi connectivity index (χ1) is 8.22. The van der Waals surface area contributed by atoms with Gasteiger partial charge in [-0.3, -0.25) is 4.98 Å². The first kappa shape index (κ1) is 11.5. The maximum Gasteiger partial charge on any atom is 0.141 e. The minimum Gasteiger partial charge on any atom is -0.496 e. The second-order valence-electron chi connectivity index (χ2n) is 3.55. The molecule has 17 heavy (non-hydrogen) atoms. The lowest BCUT2D eigenvalue weighted by Crippen LogP contribution is -2.04. The molecule has 1 unspecified atom stereocenters. The number of aliphatic hydroxyl groups is 1. The summed E-state index contributed by atoms with van der Waals surface area (Å²) in [5.74, 6) is 0.145. The average molecular weight is 233 g/mol. The molecule has 1 aromatic carbocycles. The number of ether oxygens (including phenoxy) is 1. The lowest BCUT2D eigenvalue weighted by Gasteiger charge is -2.13.